The molecular weight excluding hydrogens is 451 g/mol. The summed E-state index contributed by atoms with van der Waals surface area (Å²) in [4.78, 5) is 18.9. The van der Waals surface area contributed by atoms with Gasteiger partial charge in [-0.25, -0.2) is 13.8 Å². The molecule has 0 saturated carbocycles. The van der Waals surface area contributed by atoms with E-state index in [0.717, 1.165) is 6.07 Å². The standard InChI is InChI=1S/C20H17Cl2F2N5O2/c1-9-8-28-18(26-27-19(28)17-16(24)13(31-3)6-7-25-17)10(2)29(9)20(30)11-4-5-12(23)15(22)14(11)21/h4-7,9-10H,8H2,1-3H3. The molecule has 1 amide bonds. The molecule has 2 atom stereocenters. The molecule has 31 heavy (non-hydrogen) atoms. The van der Waals surface area contributed by atoms with Gasteiger partial charge in [-0.2, -0.15) is 0 Å². The second kappa shape index (κ2) is 8.05. The van der Waals surface area contributed by atoms with E-state index in [4.69, 9.17) is 27.9 Å². The maximum Gasteiger partial charge on any atom is 0.256 e. The van der Waals surface area contributed by atoms with Gasteiger partial charge in [0.05, 0.1) is 28.8 Å². The molecule has 4 rings (SSSR count). The Balaban J connectivity index is 1.74. The lowest BCUT2D eigenvalue weighted by Gasteiger charge is -2.39. The van der Waals surface area contributed by atoms with E-state index in [0.29, 0.717) is 12.4 Å². The van der Waals surface area contributed by atoms with Crippen LogP contribution >= 0.6 is 23.2 Å². The van der Waals surface area contributed by atoms with Gasteiger partial charge >= 0.3 is 0 Å². The van der Waals surface area contributed by atoms with Crippen molar-refractivity contribution in [3.63, 3.8) is 0 Å². The maximum atomic E-state index is 14.8. The van der Waals surface area contributed by atoms with Gasteiger partial charge < -0.3 is 14.2 Å². The fraction of sp³-hybridized carbons (Fsp3) is 0.300. The van der Waals surface area contributed by atoms with Crippen molar-refractivity contribution in [2.45, 2.75) is 32.5 Å². The summed E-state index contributed by atoms with van der Waals surface area (Å²) in [5, 5.41) is 7.84. The van der Waals surface area contributed by atoms with Crippen LogP contribution in [0.2, 0.25) is 10.0 Å². The molecule has 3 aromatic rings. The minimum atomic E-state index is -0.708. The molecule has 1 aliphatic heterocycles. The van der Waals surface area contributed by atoms with E-state index >= 15 is 0 Å². The van der Waals surface area contributed by atoms with Crippen LogP contribution in [0.4, 0.5) is 8.78 Å². The van der Waals surface area contributed by atoms with Crippen LogP contribution in [0.1, 0.15) is 36.1 Å². The van der Waals surface area contributed by atoms with Gasteiger partial charge in [0.25, 0.3) is 5.91 Å². The third-order valence-electron chi connectivity index (χ3n) is 5.28. The van der Waals surface area contributed by atoms with E-state index < -0.39 is 23.6 Å². The van der Waals surface area contributed by atoms with Crippen LogP contribution in [0.3, 0.4) is 0 Å². The van der Waals surface area contributed by atoms with Crippen LogP contribution in [0.15, 0.2) is 24.4 Å². The molecule has 2 unspecified atom stereocenters. The second-order valence-electron chi connectivity index (χ2n) is 7.13. The number of hydrogen-bond donors (Lipinski definition) is 0. The monoisotopic (exact) mass is 467 g/mol. The Morgan fingerprint density at radius 2 is 1.90 bits per heavy atom. The van der Waals surface area contributed by atoms with Gasteiger partial charge in [0.2, 0.25) is 0 Å². The first-order chi connectivity index (χ1) is 14.8. The minimum absolute atomic E-state index is 0.00522. The molecule has 2 aromatic heterocycles. The van der Waals surface area contributed by atoms with E-state index in [-0.39, 0.29) is 38.9 Å². The molecule has 0 radical (unpaired) electrons. The van der Waals surface area contributed by atoms with Gasteiger partial charge in [0.1, 0.15) is 11.5 Å². The lowest BCUT2D eigenvalue weighted by Crippen LogP contribution is -2.47. The fourth-order valence-corrected chi connectivity index (χ4v) is 4.18. The molecule has 0 N–H and O–H groups in total. The molecule has 0 saturated heterocycles. The molecule has 1 aliphatic rings. The number of nitrogens with zero attached hydrogens (tertiary/aromatic N) is 5. The molecule has 0 aliphatic carbocycles. The topological polar surface area (TPSA) is 73.1 Å². The molecular formula is C20H17Cl2F2N5O2. The summed E-state index contributed by atoms with van der Waals surface area (Å²) in [7, 11) is 1.36. The number of pyridine rings is 1. The number of benzene rings is 1. The first kappa shape index (κ1) is 21.5. The molecule has 11 heteroatoms. The van der Waals surface area contributed by atoms with Crippen molar-refractivity contribution in [1.29, 1.82) is 0 Å². The van der Waals surface area contributed by atoms with Crippen LogP contribution in [-0.4, -0.2) is 43.7 Å². The highest BCUT2D eigenvalue weighted by Gasteiger charge is 2.38. The largest absolute Gasteiger partial charge is 0.494 e. The molecule has 1 aromatic carbocycles. The van der Waals surface area contributed by atoms with E-state index in [1.54, 1.807) is 16.4 Å². The highest BCUT2D eigenvalue weighted by molar-refractivity contribution is 6.44. The van der Waals surface area contributed by atoms with E-state index in [9.17, 15) is 13.6 Å². The summed E-state index contributed by atoms with van der Waals surface area (Å²) in [5.74, 6) is -1.05. The van der Waals surface area contributed by atoms with Crippen molar-refractivity contribution < 1.29 is 18.3 Å². The summed E-state index contributed by atoms with van der Waals surface area (Å²) < 4.78 is 35.2. The number of aromatic nitrogens is 4. The summed E-state index contributed by atoms with van der Waals surface area (Å²) in [6.07, 6.45) is 1.42. The Labute approximate surface area is 186 Å². The molecule has 3 heterocycles. The van der Waals surface area contributed by atoms with Crippen LogP contribution in [0, 0.1) is 11.6 Å². The number of methoxy groups -OCH3 is 1. The number of fused-ring (bicyclic) bond motifs is 1. The SMILES string of the molecule is COc1ccnc(-c2nnc3n2CC(C)N(C(=O)c2ccc(F)c(Cl)c2Cl)C3C)c1F. The molecule has 7 nitrogen and oxygen atoms in total. The highest BCUT2D eigenvalue weighted by Crippen LogP contribution is 2.36. The Bertz CT molecular complexity index is 1190. The number of halogens is 4. The predicted molar refractivity (Wildman–Crippen MR) is 110 cm³/mol. The van der Waals surface area contributed by atoms with Crippen molar-refractivity contribution in [1.82, 2.24) is 24.6 Å². The molecule has 0 bridgehead atoms. The Hall–Kier alpha value is -2.78. The van der Waals surface area contributed by atoms with Crippen LogP contribution < -0.4 is 4.74 Å². The third-order valence-corrected chi connectivity index (χ3v) is 6.14. The zero-order valence-electron chi connectivity index (χ0n) is 16.7. The number of amides is 1. The lowest BCUT2D eigenvalue weighted by atomic mass is 10.1. The number of carbonyl (C=O) groups excluding carboxylic acids is 1. The van der Waals surface area contributed by atoms with E-state index in [1.165, 1.54) is 25.4 Å². The van der Waals surface area contributed by atoms with Crippen molar-refractivity contribution >= 4 is 29.1 Å². The van der Waals surface area contributed by atoms with Crippen LogP contribution in [0.5, 0.6) is 5.75 Å². The normalized spacial score (nSPS) is 18.1. The Morgan fingerprint density at radius 1 is 1.16 bits per heavy atom. The van der Waals surface area contributed by atoms with E-state index in [1.807, 2.05) is 6.92 Å². The van der Waals surface area contributed by atoms with Crippen LogP contribution in [0.25, 0.3) is 11.5 Å². The van der Waals surface area contributed by atoms with Gasteiger partial charge in [-0.15, -0.1) is 10.2 Å². The first-order valence-corrected chi connectivity index (χ1v) is 10.1. The highest BCUT2D eigenvalue weighted by atomic mass is 35.5. The number of hydrogen-bond acceptors (Lipinski definition) is 5. The van der Waals surface area contributed by atoms with Gasteiger partial charge in [-0.05, 0) is 26.0 Å². The van der Waals surface area contributed by atoms with Crippen LogP contribution in [-0.2, 0) is 6.54 Å². The average Bonchev–Trinajstić information content (AvgIpc) is 3.16. The quantitative estimate of drug-likeness (QED) is 0.528. The fourth-order valence-electron chi connectivity index (χ4n) is 3.78. The molecule has 162 valence electrons. The third kappa shape index (κ3) is 3.41. The zero-order chi connectivity index (χ0) is 22.4. The van der Waals surface area contributed by atoms with Crippen molar-refractivity contribution in [2.24, 2.45) is 0 Å². The predicted octanol–water partition coefficient (Wildman–Crippen LogP) is 4.54. The number of ether oxygens (including phenoxy) is 1. The van der Waals surface area contributed by atoms with Gasteiger partial charge in [-0.3, -0.25) is 4.79 Å². The zero-order valence-corrected chi connectivity index (χ0v) is 18.2. The van der Waals surface area contributed by atoms with Crippen molar-refractivity contribution in [3.8, 4) is 17.3 Å². The minimum Gasteiger partial charge on any atom is -0.494 e. The van der Waals surface area contributed by atoms with Crippen molar-refractivity contribution in [3.05, 3.63) is 57.5 Å². The summed E-state index contributed by atoms with van der Waals surface area (Å²) >= 11 is 12.0. The summed E-state index contributed by atoms with van der Waals surface area (Å²) in [5.41, 5.74) is 0.0890. The van der Waals surface area contributed by atoms with Gasteiger partial charge in [0.15, 0.2) is 23.2 Å². The second-order valence-corrected chi connectivity index (χ2v) is 7.88. The maximum absolute atomic E-state index is 14.8. The Kier molecular flexibility index (Phi) is 5.57. The molecule has 0 spiro atoms. The van der Waals surface area contributed by atoms with Gasteiger partial charge in [0, 0.05) is 24.8 Å². The number of carbonyl (C=O) groups is 1. The van der Waals surface area contributed by atoms with E-state index in [2.05, 4.69) is 15.2 Å². The Morgan fingerprint density at radius 3 is 2.61 bits per heavy atom. The first-order valence-electron chi connectivity index (χ1n) is 9.34. The summed E-state index contributed by atoms with van der Waals surface area (Å²) in [6.45, 7) is 3.89. The lowest BCUT2D eigenvalue weighted by molar-refractivity contribution is 0.0514. The average molecular weight is 468 g/mol. The van der Waals surface area contributed by atoms with Gasteiger partial charge in [-0.1, -0.05) is 23.2 Å². The smallest absolute Gasteiger partial charge is 0.256 e. The summed E-state index contributed by atoms with van der Waals surface area (Å²) in [6, 6.07) is 2.95. The number of rotatable bonds is 3. The molecule has 0 fully saturated rings. The van der Waals surface area contributed by atoms with Crippen molar-refractivity contribution in [2.75, 3.05) is 7.11 Å².